The number of hydrogen-bond acceptors (Lipinski definition) is 2. The normalized spacial score (nSPS) is 19.1. The molecule has 0 bridgehead atoms. The van der Waals surface area contributed by atoms with Crippen LogP contribution in [0.5, 0.6) is 0 Å². The van der Waals surface area contributed by atoms with Crippen LogP contribution in [0.3, 0.4) is 0 Å². The molecular formula is C13H15ClN2O2. The molecule has 1 aromatic carbocycles. The zero-order valence-corrected chi connectivity index (χ0v) is 10.9. The second kappa shape index (κ2) is 5.40. The van der Waals surface area contributed by atoms with E-state index in [0.29, 0.717) is 24.4 Å². The summed E-state index contributed by atoms with van der Waals surface area (Å²) in [4.78, 5) is 24.9. The molecular weight excluding hydrogens is 252 g/mol. The van der Waals surface area contributed by atoms with Crippen molar-refractivity contribution in [2.24, 2.45) is 5.92 Å². The van der Waals surface area contributed by atoms with Crippen LogP contribution in [0.1, 0.15) is 16.8 Å². The summed E-state index contributed by atoms with van der Waals surface area (Å²) in [5, 5.41) is 2.56. The van der Waals surface area contributed by atoms with Gasteiger partial charge in [-0.25, -0.2) is 0 Å². The summed E-state index contributed by atoms with van der Waals surface area (Å²) < 4.78 is 0. The Morgan fingerprint density at radius 1 is 1.44 bits per heavy atom. The minimum atomic E-state index is -0.132. The maximum absolute atomic E-state index is 11.8. The monoisotopic (exact) mass is 266 g/mol. The van der Waals surface area contributed by atoms with E-state index in [2.05, 4.69) is 5.32 Å². The van der Waals surface area contributed by atoms with Gasteiger partial charge in [0.15, 0.2) is 0 Å². The minimum absolute atomic E-state index is 0.0911. The first-order valence-corrected chi connectivity index (χ1v) is 6.37. The van der Waals surface area contributed by atoms with E-state index in [1.165, 1.54) is 0 Å². The number of anilines is 1. The average molecular weight is 267 g/mol. The lowest BCUT2D eigenvalue weighted by Gasteiger charge is -2.16. The molecule has 2 amide bonds. The summed E-state index contributed by atoms with van der Waals surface area (Å²) in [6, 6.07) is 7.02. The summed E-state index contributed by atoms with van der Waals surface area (Å²) in [5.74, 6) is 0.678. The Morgan fingerprint density at radius 2 is 2.11 bits per heavy atom. The van der Waals surface area contributed by atoms with Crippen LogP contribution in [-0.4, -0.2) is 31.3 Å². The highest BCUT2D eigenvalue weighted by molar-refractivity contribution is 6.18. The fourth-order valence-electron chi connectivity index (χ4n) is 2.07. The predicted octanol–water partition coefficient (Wildman–Crippen LogP) is 1.64. The zero-order chi connectivity index (χ0) is 13.1. The molecule has 0 aliphatic carbocycles. The van der Waals surface area contributed by atoms with Gasteiger partial charge in [-0.2, -0.15) is 0 Å². The minimum Gasteiger partial charge on any atom is -0.355 e. The Labute approximate surface area is 111 Å². The highest BCUT2D eigenvalue weighted by Crippen LogP contribution is 2.25. The molecule has 1 heterocycles. The number of amides is 2. The SMILES string of the molecule is CNC(=O)c1ccc(N2CC(CCl)CC2=O)cc1. The van der Waals surface area contributed by atoms with E-state index in [1.807, 2.05) is 0 Å². The van der Waals surface area contributed by atoms with Crippen LogP contribution in [0, 0.1) is 5.92 Å². The molecule has 1 saturated heterocycles. The van der Waals surface area contributed by atoms with Crippen molar-refractivity contribution >= 4 is 29.1 Å². The van der Waals surface area contributed by atoms with Gasteiger partial charge in [0.05, 0.1) is 0 Å². The lowest BCUT2D eigenvalue weighted by atomic mass is 10.1. The second-order valence-corrected chi connectivity index (χ2v) is 4.66. The van der Waals surface area contributed by atoms with Crippen LogP contribution in [-0.2, 0) is 4.79 Å². The van der Waals surface area contributed by atoms with E-state index in [1.54, 1.807) is 36.2 Å². The Balaban J connectivity index is 2.15. The zero-order valence-electron chi connectivity index (χ0n) is 10.1. The number of halogens is 1. The van der Waals surface area contributed by atoms with Crippen molar-refractivity contribution in [1.29, 1.82) is 0 Å². The average Bonchev–Trinajstić information content (AvgIpc) is 2.79. The summed E-state index contributed by atoms with van der Waals surface area (Å²) in [6.07, 6.45) is 0.501. The van der Waals surface area contributed by atoms with Gasteiger partial charge in [-0.1, -0.05) is 0 Å². The van der Waals surface area contributed by atoms with Crippen molar-refractivity contribution in [3.63, 3.8) is 0 Å². The van der Waals surface area contributed by atoms with Gasteiger partial charge >= 0.3 is 0 Å². The number of carbonyl (C=O) groups excluding carboxylic acids is 2. The maximum Gasteiger partial charge on any atom is 0.251 e. The largest absolute Gasteiger partial charge is 0.355 e. The molecule has 18 heavy (non-hydrogen) atoms. The van der Waals surface area contributed by atoms with Crippen LogP contribution in [0.15, 0.2) is 24.3 Å². The molecule has 1 atom stereocenters. The molecule has 5 heteroatoms. The van der Waals surface area contributed by atoms with Crippen molar-refractivity contribution in [3.8, 4) is 0 Å². The molecule has 4 nitrogen and oxygen atoms in total. The molecule has 1 unspecified atom stereocenters. The molecule has 1 aromatic rings. The van der Waals surface area contributed by atoms with Gasteiger partial charge in [0.1, 0.15) is 0 Å². The molecule has 1 N–H and O–H groups in total. The van der Waals surface area contributed by atoms with E-state index in [-0.39, 0.29) is 17.7 Å². The third-order valence-corrected chi connectivity index (χ3v) is 3.53. The van der Waals surface area contributed by atoms with E-state index in [9.17, 15) is 9.59 Å². The fourth-order valence-corrected chi connectivity index (χ4v) is 2.28. The topological polar surface area (TPSA) is 49.4 Å². The van der Waals surface area contributed by atoms with E-state index >= 15 is 0 Å². The first-order valence-electron chi connectivity index (χ1n) is 5.84. The highest BCUT2D eigenvalue weighted by Gasteiger charge is 2.29. The summed E-state index contributed by atoms with van der Waals surface area (Å²) in [6.45, 7) is 0.654. The first kappa shape index (κ1) is 12.9. The predicted molar refractivity (Wildman–Crippen MR) is 71.0 cm³/mol. The molecule has 0 radical (unpaired) electrons. The highest BCUT2D eigenvalue weighted by atomic mass is 35.5. The lowest BCUT2D eigenvalue weighted by Crippen LogP contribution is -2.25. The number of hydrogen-bond donors (Lipinski definition) is 1. The van der Waals surface area contributed by atoms with E-state index in [0.717, 1.165) is 5.69 Å². The standard InChI is InChI=1S/C13H15ClN2O2/c1-15-13(18)10-2-4-11(5-3-10)16-8-9(7-14)6-12(16)17/h2-5,9H,6-8H2,1H3,(H,15,18). The van der Waals surface area contributed by atoms with Crippen LogP contribution >= 0.6 is 11.6 Å². The van der Waals surface area contributed by atoms with E-state index in [4.69, 9.17) is 11.6 Å². The van der Waals surface area contributed by atoms with Crippen molar-refractivity contribution < 1.29 is 9.59 Å². The third kappa shape index (κ3) is 2.48. The Hall–Kier alpha value is -1.55. The number of rotatable bonds is 3. The van der Waals surface area contributed by atoms with Gasteiger partial charge in [-0.3, -0.25) is 9.59 Å². The summed E-state index contributed by atoms with van der Waals surface area (Å²) >= 11 is 5.78. The Bertz CT molecular complexity index is 459. The van der Waals surface area contributed by atoms with Gasteiger partial charge in [-0.05, 0) is 30.2 Å². The summed E-state index contributed by atoms with van der Waals surface area (Å²) in [7, 11) is 1.59. The van der Waals surface area contributed by atoms with Gasteiger partial charge in [-0.15, -0.1) is 11.6 Å². The van der Waals surface area contributed by atoms with E-state index < -0.39 is 0 Å². The Morgan fingerprint density at radius 3 is 2.61 bits per heavy atom. The first-order chi connectivity index (χ1) is 8.65. The van der Waals surface area contributed by atoms with Crippen molar-refractivity contribution in [2.45, 2.75) is 6.42 Å². The molecule has 1 fully saturated rings. The molecule has 0 saturated carbocycles. The fraction of sp³-hybridized carbons (Fsp3) is 0.385. The maximum atomic E-state index is 11.8. The quantitative estimate of drug-likeness (QED) is 0.846. The molecule has 2 rings (SSSR count). The number of benzene rings is 1. The van der Waals surface area contributed by atoms with Crippen LogP contribution in [0.2, 0.25) is 0 Å². The smallest absolute Gasteiger partial charge is 0.251 e. The van der Waals surface area contributed by atoms with Crippen molar-refractivity contribution in [2.75, 3.05) is 24.4 Å². The molecule has 1 aliphatic heterocycles. The van der Waals surface area contributed by atoms with Gasteiger partial charge < -0.3 is 10.2 Å². The van der Waals surface area contributed by atoms with Crippen LogP contribution in [0.4, 0.5) is 5.69 Å². The van der Waals surface area contributed by atoms with Crippen LogP contribution in [0.25, 0.3) is 0 Å². The second-order valence-electron chi connectivity index (χ2n) is 4.35. The van der Waals surface area contributed by atoms with Gasteiger partial charge in [0.25, 0.3) is 5.91 Å². The molecule has 1 aliphatic rings. The number of nitrogens with one attached hydrogen (secondary N) is 1. The van der Waals surface area contributed by atoms with Crippen LogP contribution < -0.4 is 10.2 Å². The molecule has 0 spiro atoms. The number of alkyl halides is 1. The van der Waals surface area contributed by atoms with Crippen molar-refractivity contribution in [1.82, 2.24) is 5.32 Å². The number of carbonyl (C=O) groups is 2. The van der Waals surface area contributed by atoms with Gasteiger partial charge in [0.2, 0.25) is 5.91 Å². The van der Waals surface area contributed by atoms with Gasteiger partial charge in [0, 0.05) is 37.1 Å². The third-order valence-electron chi connectivity index (χ3n) is 3.09. The Kier molecular flexibility index (Phi) is 3.87. The summed E-state index contributed by atoms with van der Waals surface area (Å²) in [5.41, 5.74) is 1.40. The lowest BCUT2D eigenvalue weighted by molar-refractivity contribution is -0.117. The molecule has 0 aromatic heterocycles. The molecule has 96 valence electrons. The number of nitrogens with zero attached hydrogens (tertiary/aromatic N) is 1. The van der Waals surface area contributed by atoms with Crippen molar-refractivity contribution in [3.05, 3.63) is 29.8 Å².